The maximum atomic E-state index is 12.1. The first-order chi connectivity index (χ1) is 9.56. The first kappa shape index (κ1) is 13.8. The van der Waals surface area contributed by atoms with Crippen molar-refractivity contribution < 1.29 is 0 Å². The number of aromatic amines is 1. The predicted molar refractivity (Wildman–Crippen MR) is 79.7 cm³/mol. The van der Waals surface area contributed by atoms with Crippen molar-refractivity contribution in [3.8, 4) is 0 Å². The number of aromatic nitrogens is 2. The third kappa shape index (κ3) is 2.95. The third-order valence-corrected chi connectivity index (χ3v) is 4.81. The van der Waals surface area contributed by atoms with Gasteiger partial charge in [-0.05, 0) is 70.8 Å². The van der Waals surface area contributed by atoms with Crippen LogP contribution in [0.5, 0.6) is 0 Å². The summed E-state index contributed by atoms with van der Waals surface area (Å²) in [5, 5.41) is 3.58. The van der Waals surface area contributed by atoms with E-state index < -0.39 is 0 Å². The molecule has 2 fully saturated rings. The summed E-state index contributed by atoms with van der Waals surface area (Å²) >= 11 is 0. The lowest BCUT2D eigenvalue weighted by molar-refractivity contribution is 0.361. The summed E-state index contributed by atoms with van der Waals surface area (Å²) < 4.78 is 0. The highest BCUT2D eigenvalue weighted by Gasteiger charge is 2.41. The van der Waals surface area contributed by atoms with Gasteiger partial charge in [-0.15, -0.1) is 0 Å². The van der Waals surface area contributed by atoms with Crippen LogP contribution in [0, 0.1) is 31.6 Å². The molecule has 0 saturated heterocycles. The molecule has 0 amide bonds. The zero-order chi connectivity index (χ0) is 14.3. The molecule has 2 aliphatic carbocycles. The van der Waals surface area contributed by atoms with Crippen LogP contribution in [0.2, 0.25) is 0 Å². The normalized spacial score (nSPS) is 20.4. The van der Waals surface area contributed by atoms with E-state index in [-0.39, 0.29) is 11.6 Å². The van der Waals surface area contributed by atoms with Crippen LogP contribution in [0.4, 0.5) is 0 Å². The van der Waals surface area contributed by atoms with E-state index in [9.17, 15) is 4.79 Å². The van der Waals surface area contributed by atoms with Gasteiger partial charge < -0.3 is 10.3 Å². The smallest absolute Gasteiger partial charge is 0.255 e. The summed E-state index contributed by atoms with van der Waals surface area (Å²) in [6.45, 7) is 6.87. The molecule has 0 bridgehead atoms. The van der Waals surface area contributed by atoms with Gasteiger partial charge in [-0.1, -0.05) is 0 Å². The van der Waals surface area contributed by atoms with E-state index in [1.807, 2.05) is 13.8 Å². The molecule has 0 radical (unpaired) electrons. The number of hydrogen-bond acceptors (Lipinski definition) is 3. The summed E-state index contributed by atoms with van der Waals surface area (Å²) in [6.07, 6.45) is 5.62. The first-order valence-electron chi connectivity index (χ1n) is 7.87. The zero-order valence-electron chi connectivity index (χ0n) is 12.7. The van der Waals surface area contributed by atoms with Crippen molar-refractivity contribution in [2.75, 3.05) is 6.54 Å². The van der Waals surface area contributed by atoms with E-state index in [2.05, 4.69) is 22.2 Å². The number of nitrogens with one attached hydrogen (secondary N) is 2. The van der Waals surface area contributed by atoms with Crippen LogP contribution in [0.25, 0.3) is 0 Å². The van der Waals surface area contributed by atoms with Gasteiger partial charge in [0.05, 0.1) is 5.56 Å². The van der Waals surface area contributed by atoms with Gasteiger partial charge in [-0.25, -0.2) is 4.98 Å². The summed E-state index contributed by atoms with van der Waals surface area (Å²) in [7, 11) is 0. The summed E-state index contributed by atoms with van der Waals surface area (Å²) in [5.41, 5.74) is 1.64. The van der Waals surface area contributed by atoms with Crippen molar-refractivity contribution in [1.82, 2.24) is 15.3 Å². The fraction of sp³-hybridized carbons (Fsp3) is 0.750. The Morgan fingerprint density at radius 3 is 2.35 bits per heavy atom. The second kappa shape index (κ2) is 5.32. The minimum Gasteiger partial charge on any atom is -0.310 e. The fourth-order valence-electron chi connectivity index (χ4n) is 3.43. The van der Waals surface area contributed by atoms with Crippen molar-refractivity contribution in [3.63, 3.8) is 0 Å². The highest BCUT2D eigenvalue weighted by atomic mass is 16.1. The number of aryl methyl sites for hydroxylation is 2. The van der Waals surface area contributed by atoms with Gasteiger partial charge in [0.1, 0.15) is 5.82 Å². The van der Waals surface area contributed by atoms with E-state index in [4.69, 9.17) is 0 Å². The molecule has 0 aliphatic heterocycles. The van der Waals surface area contributed by atoms with Crippen LogP contribution in [-0.2, 0) is 0 Å². The standard InChI is InChI=1S/C16H25N3O/c1-9(15-10(2)18-11(3)19-16(15)20)17-8-14(12-4-5-12)13-6-7-13/h9,12-14,17H,4-8H2,1-3H3,(H,18,19,20). The number of nitrogens with zero attached hydrogens (tertiary/aromatic N) is 1. The molecule has 1 heterocycles. The molecule has 110 valence electrons. The Balaban J connectivity index is 1.66. The van der Waals surface area contributed by atoms with Crippen LogP contribution >= 0.6 is 0 Å². The molecule has 1 unspecified atom stereocenters. The van der Waals surface area contributed by atoms with Gasteiger partial charge in [0.15, 0.2) is 0 Å². The molecular formula is C16H25N3O. The average Bonchev–Trinajstić information content (AvgIpc) is 3.23. The lowest BCUT2D eigenvalue weighted by Crippen LogP contribution is -2.32. The molecule has 4 heteroatoms. The van der Waals surface area contributed by atoms with Gasteiger partial charge in [0.2, 0.25) is 0 Å². The molecule has 2 saturated carbocycles. The Bertz CT molecular complexity index is 531. The maximum absolute atomic E-state index is 12.1. The van der Waals surface area contributed by atoms with Gasteiger partial charge in [0.25, 0.3) is 5.56 Å². The van der Waals surface area contributed by atoms with Crippen LogP contribution in [-0.4, -0.2) is 16.5 Å². The topological polar surface area (TPSA) is 57.8 Å². The van der Waals surface area contributed by atoms with Gasteiger partial charge >= 0.3 is 0 Å². The summed E-state index contributed by atoms with van der Waals surface area (Å²) in [4.78, 5) is 19.3. The molecule has 2 N–H and O–H groups in total. The third-order valence-electron chi connectivity index (χ3n) is 4.81. The van der Waals surface area contributed by atoms with E-state index in [0.717, 1.165) is 35.6 Å². The lowest BCUT2D eigenvalue weighted by Gasteiger charge is -2.21. The molecular weight excluding hydrogens is 250 g/mol. The fourth-order valence-corrected chi connectivity index (χ4v) is 3.43. The first-order valence-corrected chi connectivity index (χ1v) is 7.87. The molecule has 0 spiro atoms. The van der Waals surface area contributed by atoms with E-state index in [1.54, 1.807) is 0 Å². The Morgan fingerprint density at radius 1 is 1.25 bits per heavy atom. The Hall–Kier alpha value is -1.16. The van der Waals surface area contributed by atoms with E-state index in [1.165, 1.54) is 25.7 Å². The second-order valence-electron chi connectivity index (χ2n) is 6.62. The van der Waals surface area contributed by atoms with Gasteiger partial charge in [-0.2, -0.15) is 0 Å². The highest BCUT2D eigenvalue weighted by Crippen LogP contribution is 2.48. The summed E-state index contributed by atoms with van der Waals surface area (Å²) in [6, 6.07) is 0.0758. The quantitative estimate of drug-likeness (QED) is 0.838. The van der Waals surface area contributed by atoms with Crippen LogP contribution < -0.4 is 10.9 Å². The monoisotopic (exact) mass is 275 g/mol. The van der Waals surface area contributed by atoms with Gasteiger partial charge in [-0.3, -0.25) is 4.79 Å². The number of hydrogen-bond donors (Lipinski definition) is 2. The Labute approximate surface area is 120 Å². The molecule has 2 aliphatic rings. The van der Waals surface area contributed by atoms with Gasteiger partial charge in [0, 0.05) is 11.7 Å². The molecule has 1 aromatic heterocycles. The van der Waals surface area contributed by atoms with Crippen LogP contribution in [0.15, 0.2) is 4.79 Å². The lowest BCUT2D eigenvalue weighted by atomic mass is 9.97. The average molecular weight is 275 g/mol. The summed E-state index contributed by atoms with van der Waals surface area (Å²) in [5.74, 6) is 3.41. The van der Waals surface area contributed by atoms with Crippen molar-refractivity contribution in [2.24, 2.45) is 17.8 Å². The number of rotatable bonds is 6. The predicted octanol–water partition coefficient (Wildman–Crippen LogP) is 2.47. The van der Waals surface area contributed by atoms with Crippen molar-refractivity contribution in [2.45, 2.75) is 52.5 Å². The highest BCUT2D eigenvalue weighted by molar-refractivity contribution is 5.20. The zero-order valence-corrected chi connectivity index (χ0v) is 12.7. The van der Waals surface area contributed by atoms with Crippen molar-refractivity contribution >= 4 is 0 Å². The van der Waals surface area contributed by atoms with Crippen molar-refractivity contribution in [1.29, 1.82) is 0 Å². The Kier molecular flexibility index (Phi) is 3.67. The maximum Gasteiger partial charge on any atom is 0.255 e. The minimum absolute atomic E-state index is 0.00407. The number of H-pyrrole nitrogens is 1. The Morgan fingerprint density at radius 2 is 1.85 bits per heavy atom. The van der Waals surface area contributed by atoms with E-state index in [0.29, 0.717) is 5.82 Å². The SMILES string of the molecule is Cc1nc(C)c(C(C)NCC(C2CC2)C2CC2)c(=O)[nH]1. The second-order valence-corrected chi connectivity index (χ2v) is 6.62. The van der Waals surface area contributed by atoms with E-state index >= 15 is 0 Å². The largest absolute Gasteiger partial charge is 0.310 e. The molecule has 1 atom stereocenters. The molecule has 1 aromatic rings. The van der Waals surface area contributed by atoms with Crippen molar-refractivity contribution in [3.05, 3.63) is 27.4 Å². The minimum atomic E-state index is 0.00407. The molecule has 0 aromatic carbocycles. The molecule has 20 heavy (non-hydrogen) atoms. The van der Waals surface area contributed by atoms with Crippen LogP contribution in [0.1, 0.15) is 55.7 Å². The molecule has 4 nitrogen and oxygen atoms in total. The van der Waals surface area contributed by atoms with Crippen LogP contribution in [0.3, 0.4) is 0 Å². The molecule has 3 rings (SSSR count).